The second-order valence-electron chi connectivity index (χ2n) is 18.6. The van der Waals surface area contributed by atoms with Crippen molar-refractivity contribution in [3.05, 3.63) is 260 Å². The van der Waals surface area contributed by atoms with Crippen LogP contribution in [0.1, 0.15) is 11.1 Å². The molecule has 5 nitrogen and oxygen atoms in total. The molecule has 3 heterocycles. The summed E-state index contributed by atoms with van der Waals surface area (Å²) in [6, 6.07) is 92.6. The zero-order valence-electron chi connectivity index (χ0n) is 39.4. The van der Waals surface area contributed by atoms with Gasteiger partial charge in [0.05, 0.1) is 61.3 Å². The molecule has 73 heavy (non-hydrogen) atoms. The standard InChI is InChI=1S/C68H41N5/c69-42-57-65(47-25-11-4-12-26-47)58(43-70)67(72-60-31-17-14-28-52(60)55-40-49(34-37-63(55)72)45-21-7-2-8-22-45)68(73-61-32-18-15-29-53(61)56-41-50(35-38-64(56)73)46-23-9-3-10-24-46)66(57)71-59-30-16-13-27-51(59)54-39-48(33-36-62(54)71)44-19-5-1-6-20-44/h1-41H. The molecule has 0 amide bonds. The third-order valence-electron chi connectivity index (χ3n) is 14.7. The molecule has 0 fully saturated rings. The highest BCUT2D eigenvalue weighted by molar-refractivity contribution is 6.16. The van der Waals surface area contributed by atoms with Crippen LogP contribution in [0.15, 0.2) is 249 Å². The van der Waals surface area contributed by atoms with Gasteiger partial charge in [-0.05, 0) is 93.5 Å². The van der Waals surface area contributed by atoms with Crippen molar-refractivity contribution in [2.24, 2.45) is 0 Å². The lowest BCUT2D eigenvalue weighted by molar-refractivity contribution is 1.04. The molecule has 0 unspecified atom stereocenters. The third-order valence-corrected chi connectivity index (χ3v) is 14.7. The largest absolute Gasteiger partial charge is 0.306 e. The molecule has 338 valence electrons. The molecule has 0 saturated carbocycles. The van der Waals surface area contributed by atoms with Gasteiger partial charge in [0.2, 0.25) is 0 Å². The molecule has 0 N–H and O–H groups in total. The first-order chi connectivity index (χ1) is 36.2. The van der Waals surface area contributed by atoms with Gasteiger partial charge in [-0.1, -0.05) is 194 Å². The van der Waals surface area contributed by atoms with Crippen LogP contribution in [0.5, 0.6) is 0 Å². The number of benzene rings is 11. The summed E-state index contributed by atoms with van der Waals surface area (Å²) >= 11 is 0. The maximum Gasteiger partial charge on any atom is 0.102 e. The lowest BCUT2D eigenvalue weighted by atomic mass is 9.90. The van der Waals surface area contributed by atoms with Crippen molar-refractivity contribution in [1.82, 2.24) is 13.7 Å². The molecule has 0 atom stereocenters. The van der Waals surface area contributed by atoms with E-state index in [1.807, 2.05) is 48.5 Å². The third kappa shape index (κ3) is 6.40. The highest BCUT2D eigenvalue weighted by Gasteiger charge is 2.33. The number of hydrogen-bond acceptors (Lipinski definition) is 2. The molecular formula is C68H41N5. The van der Waals surface area contributed by atoms with Gasteiger partial charge < -0.3 is 13.7 Å². The highest BCUT2D eigenvalue weighted by Crippen LogP contribution is 2.49. The Bertz CT molecular complexity index is 4410. The van der Waals surface area contributed by atoms with Crippen LogP contribution in [0, 0.1) is 22.7 Å². The van der Waals surface area contributed by atoms with Gasteiger partial charge in [-0.15, -0.1) is 0 Å². The highest BCUT2D eigenvalue weighted by atomic mass is 15.1. The topological polar surface area (TPSA) is 62.4 Å². The summed E-state index contributed by atoms with van der Waals surface area (Å²) in [6.45, 7) is 0. The molecule has 0 radical (unpaired) electrons. The summed E-state index contributed by atoms with van der Waals surface area (Å²) in [5.41, 5.74) is 16.5. The van der Waals surface area contributed by atoms with Crippen molar-refractivity contribution in [2.45, 2.75) is 0 Å². The van der Waals surface area contributed by atoms with Crippen LogP contribution < -0.4 is 0 Å². The fraction of sp³-hybridized carbons (Fsp3) is 0. The molecule has 3 aromatic heterocycles. The van der Waals surface area contributed by atoms with E-state index in [2.05, 4.69) is 226 Å². The first kappa shape index (κ1) is 41.7. The van der Waals surface area contributed by atoms with Gasteiger partial charge in [-0.25, -0.2) is 0 Å². The summed E-state index contributed by atoms with van der Waals surface area (Å²) in [5, 5.41) is 30.6. The molecular weight excluding hydrogens is 887 g/mol. The maximum atomic E-state index is 12.1. The summed E-state index contributed by atoms with van der Waals surface area (Å²) in [7, 11) is 0. The van der Waals surface area contributed by atoms with Crippen molar-refractivity contribution < 1.29 is 0 Å². The molecule has 0 aliphatic rings. The summed E-state index contributed by atoms with van der Waals surface area (Å²) in [6.07, 6.45) is 0. The molecule has 14 rings (SSSR count). The Morgan fingerprint density at radius 1 is 0.233 bits per heavy atom. The molecule has 14 aromatic rings. The van der Waals surface area contributed by atoms with E-state index in [4.69, 9.17) is 0 Å². The Balaban J connectivity index is 1.23. The van der Waals surface area contributed by atoms with E-state index in [0.29, 0.717) is 28.1 Å². The normalized spacial score (nSPS) is 11.5. The van der Waals surface area contributed by atoms with Gasteiger partial charge in [-0.3, -0.25) is 0 Å². The second kappa shape index (κ2) is 16.7. The van der Waals surface area contributed by atoms with E-state index in [1.54, 1.807) is 0 Å². The van der Waals surface area contributed by atoms with Crippen LogP contribution in [0.3, 0.4) is 0 Å². The van der Waals surface area contributed by atoms with E-state index in [1.165, 1.54) is 0 Å². The minimum atomic E-state index is 0.398. The van der Waals surface area contributed by atoms with Crippen LogP contribution in [-0.4, -0.2) is 13.7 Å². The molecule has 5 heteroatoms. The monoisotopic (exact) mass is 927 g/mol. The Labute approximate surface area is 421 Å². The van der Waals surface area contributed by atoms with E-state index in [-0.39, 0.29) is 0 Å². The van der Waals surface area contributed by atoms with Crippen molar-refractivity contribution in [2.75, 3.05) is 0 Å². The number of rotatable bonds is 7. The number of fused-ring (bicyclic) bond motifs is 9. The second-order valence-corrected chi connectivity index (χ2v) is 18.6. The lowest BCUT2D eigenvalue weighted by Crippen LogP contribution is -2.14. The van der Waals surface area contributed by atoms with E-state index >= 15 is 0 Å². The number of nitrogens with zero attached hydrogens (tertiary/aromatic N) is 5. The van der Waals surface area contributed by atoms with Gasteiger partial charge in [0.25, 0.3) is 0 Å². The van der Waals surface area contributed by atoms with Crippen molar-refractivity contribution in [3.63, 3.8) is 0 Å². The summed E-state index contributed by atoms with van der Waals surface area (Å²) < 4.78 is 6.92. The van der Waals surface area contributed by atoms with Gasteiger partial charge in [0.15, 0.2) is 0 Å². The lowest BCUT2D eigenvalue weighted by Gasteiger charge is -2.26. The zero-order valence-corrected chi connectivity index (χ0v) is 39.4. The molecule has 0 aliphatic carbocycles. The molecule has 0 saturated heterocycles. The van der Waals surface area contributed by atoms with Crippen LogP contribution >= 0.6 is 0 Å². The Morgan fingerprint density at radius 3 is 0.836 bits per heavy atom. The molecule has 0 bridgehead atoms. The zero-order chi connectivity index (χ0) is 48.6. The van der Waals surface area contributed by atoms with Crippen molar-refractivity contribution >= 4 is 65.4 Å². The minimum absolute atomic E-state index is 0.398. The van der Waals surface area contributed by atoms with Crippen LogP contribution in [0.2, 0.25) is 0 Å². The molecule has 0 aliphatic heterocycles. The van der Waals surface area contributed by atoms with Crippen LogP contribution in [-0.2, 0) is 0 Å². The fourth-order valence-corrected chi connectivity index (χ4v) is 11.5. The van der Waals surface area contributed by atoms with Gasteiger partial charge in [0, 0.05) is 37.9 Å². The Kier molecular flexibility index (Phi) is 9.58. The SMILES string of the molecule is N#Cc1c(-c2ccccc2)c(C#N)c(-n2c3ccccc3c3cc(-c4ccccc4)ccc32)c(-n2c3ccccc3c3cc(-c4ccccc4)ccc32)c1-n1c2ccccc2c2cc(-c3ccccc3)ccc21. The first-order valence-corrected chi connectivity index (χ1v) is 24.5. The number of aromatic nitrogens is 3. The van der Waals surface area contributed by atoms with Crippen LogP contribution in [0.25, 0.3) is 127 Å². The average molecular weight is 928 g/mol. The van der Waals surface area contributed by atoms with Crippen molar-refractivity contribution in [1.29, 1.82) is 10.5 Å². The first-order valence-electron chi connectivity index (χ1n) is 24.5. The quantitative estimate of drug-likeness (QED) is 0.160. The summed E-state index contributed by atoms with van der Waals surface area (Å²) in [5.74, 6) is 0. The van der Waals surface area contributed by atoms with E-state index < -0.39 is 0 Å². The predicted octanol–water partition coefficient (Wildman–Crippen LogP) is 17.4. The average Bonchev–Trinajstić information content (AvgIpc) is 4.12. The minimum Gasteiger partial charge on any atom is -0.306 e. The molecule has 0 spiro atoms. The van der Waals surface area contributed by atoms with Crippen molar-refractivity contribution in [3.8, 4) is 73.7 Å². The Morgan fingerprint density at radius 2 is 0.507 bits per heavy atom. The van der Waals surface area contributed by atoms with Crippen LogP contribution in [0.4, 0.5) is 0 Å². The van der Waals surface area contributed by atoms with E-state index in [9.17, 15) is 10.5 Å². The number of hydrogen-bond donors (Lipinski definition) is 0. The Hall–Kier alpha value is -10.2. The fourth-order valence-electron chi connectivity index (χ4n) is 11.5. The van der Waals surface area contributed by atoms with Gasteiger partial charge in [0.1, 0.15) is 12.1 Å². The number of nitriles is 2. The van der Waals surface area contributed by atoms with Gasteiger partial charge in [-0.2, -0.15) is 10.5 Å². The summed E-state index contributed by atoms with van der Waals surface area (Å²) in [4.78, 5) is 0. The molecule has 11 aromatic carbocycles. The van der Waals surface area contributed by atoms with Gasteiger partial charge >= 0.3 is 0 Å². The predicted molar refractivity (Wildman–Crippen MR) is 301 cm³/mol. The smallest absolute Gasteiger partial charge is 0.102 e. The van der Waals surface area contributed by atoms with E-state index in [0.717, 1.165) is 110 Å². The number of para-hydroxylation sites is 3. The maximum absolute atomic E-state index is 12.1.